The summed E-state index contributed by atoms with van der Waals surface area (Å²) in [6, 6.07) is 10.5. The van der Waals surface area contributed by atoms with Gasteiger partial charge in [0.2, 0.25) is 0 Å². The summed E-state index contributed by atoms with van der Waals surface area (Å²) in [7, 11) is 2.01. The fourth-order valence-electron chi connectivity index (χ4n) is 1.60. The quantitative estimate of drug-likeness (QED) is 0.667. The van der Waals surface area contributed by atoms with Crippen molar-refractivity contribution in [2.45, 2.75) is 6.42 Å². The Labute approximate surface area is 84.6 Å². The van der Waals surface area contributed by atoms with Gasteiger partial charge in [0.05, 0.1) is 5.52 Å². The normalized spacial score (nSPS) is 10.6. The Balaban J connectivity index is 2.50. The summed E-state index contributed by atoms with van der Waals surface area (Å²) in [5.74, 6) is 0. The number of hydrogen-bond donors (Lipinski definition) is 1. The van der Waals surface area contributed by atoms with Crippen molar-refractivity contribution in [2.75, 3.05) is 6.54 Å². The summed E-state index contributed by atoms with van der Waals surface area (Å²) < 4.78 is 0. The number of pyridine rings is 1. The van der Waals surface area contributed by atoms with Crippen molar-refractivity contribution in [1.29, 1.82) is 0 Å². The molecule has 0 radical (unpaired) electrons. The van der Waals surface area contributed by atoms with E-state index in [0.29, 0.717) is 6.54 Å². The predicted octanol–water partition coefficient (Wildman–Crippen LogP) is -0.00560. The summed E-state index contributed by atoms with van der Waals surface area (Å²) in [5.41, 5.74) is 8.92. The third-order valence-electron chi connectivity index (χ3n) is 2.33. The summed E-state index contributed by atoms with van der Waals surface area (Å²) in [6.45, 7) is 0.699. The van der Waals surface area contributed by atoms with E-state index < -0.39 is 0 Å². The van der Waals surface area contributed by atoms with Crippen molar-refractivity contribution >= 4 is 24.3 Å². The van der Waals surface area contributed by atoms with E-state index in [0.717, 1.165) is 17.5 Å². The lowest BCUT2D eigenvalue weighted by molar-refractivity contribution is 0.971. The van der Waals surface area contributed by atoms with Crippen LogP contribution in [0.2, 0.25) is 0 Å². The molecule has 0 aliphatic heterocycles. The first-order valence-corrected chi connectivity index (χ1v) is 4.86. The topological polar surface area (TPSA) is 38.9 Å². The maximum atomic E-state index is 5.51. The number of nitrogens with zero attached hydrogens (tertiary/aromatic N) is 1. The lowest BCUT2D eigenvalue weighted by Crippen LogP contribution is -2.07. The van der Waals surface area contributed by atoms with Gasteiger partial charge in [0.1, 0.15) is 0 Å². The van der Waals surface area contributed by atoms with E-state index in [9.17, 15) is 0 Å². The van der Waals surface area contributed by atoms with E-state index >= 15 is 0 Å². The van der Waals surface area contributed by atoms with Crippen LogP contribution in [0.3, 0.4) is 0 Å². The Morgan fingerprint density at radius 3 is 2.86 bits per heavy atom. The molecule has 70 valence electrons. The molecule has 0 fully saturated rings. The molecule has 3 heteroatoms. The minimum atomic E-state index is 0.699. The molecule has 2 N–H and O–H groups in total. The van der Waals surface area contributed by atoms with Crippen molar-refractivity contribution < 1.29 is 0 Å². The molecule has 1 heterocycles. The zero-order valence-electron chi connectivity index (χ0n) is 8.33. The van der Waals surface area contributed by atoms with Crippen LogP contribution in [0.25, 0.3) is 10.9 Å². The van der Waals surface area contributed by atoms with Crippen LogP contribution in [-0.4, -0.2) is 19.4 Å². The molecule has 1 aromatic carbocycles. The summed E-state index contributed by atoms with van der Waals surface area (Å²) in [6.07, 6.45) is 0.934. The highest BCUT2D eigenvalue weighted by Gasteiger charge is 1.97. The number of rotatable bonds is 2. The monoisotopic (exact) mass is 184 g/mol. The fraction of sp³-hybridized carbons (Fsp3) is 0.182. The zero-order chi connectivity index (χ0) is 9.97. The summed E-state index contributed by atoms with van der Waals surface area (Å²) in [4.78, 5) is 4.45. The molecular weight excluding hydrogens is 171 g/mol. The molecule has 2 aromatic rings. The van der Waals surface area contributed by atoms with Crippen LogP contribution in [0.5, 0.6) is 0 Å². The molecule has 0 unspecified atom stereocenters. The van der Waals surface area contributed by atoms with Gasteiger partial charge in [-0.05, 0) is 36.3 Å². The van der Waals surface area contributed by atoms with E-state index in [1.165, 1.54) is 10.9 Å². The second-order valence-electron chi connectivity index (χ2n) is 3.52. The zero-order valence-corrected chi connectivity index (χ0v) is 8.33. The number of benzene rings is 1. The van der Waals surface area contributed by atoms with Crippen LogP contribution < -0.4 is 11.3 Å². The molecule has 14 heavy (non-hydrogen) atoms. The minimum absolute atomic E-state index is 0.699. The lowest BCUT2D eigenvalue weighted by atomic mass is 10.0. The molecule has 2 rings (SSSR count). The number of hydrogen-bond acceptors (Lipinski definition) is 2. The van der Waals surface area contributed by atoms with E-state index in [4.69, 9.17) is 5.73 Å². The van der Waals surface area contributed by atoms with Gasteiger partial charge < -0.3 is 5.73 Å². The Morgan fingerprint density at radius 1 is 1.21 bits per heavy atom. The second-order valence-corrected chi connectivity index (χ2v) is 3.52. The van der Waals surface area contributed by atoms with Crippen molar-refractivity contribution in [1.82, 2.24) is 4.98 Å². The number of aromatic nitrogens is 1. The predicted molar refractivity (Wildman–Crippen MR) is 62.7 cm³/mol. The lowest BCUT2D eigenvalue weighted by Gasteiger charge is -2.02. The first kappa shape index (κ1) is 9.22. The van der Waals surface area contributed by atoms with Crippen LogP contribution >= 0.6 is 0 Å². The van der Waals surface area contributed by atoms with Gasteiger partial charge >= 0.3 is 0 Å². The van der Waals surface area contributed by atoms with Crippen molar-refractivity contribution in [3.05, 3.63) is 35.9 Å². The first-order valence-electron chi connectivity index (χ1n) is 4.86. The maximum absolute atomic E-state index is 5.51. The number of fused-ring (bicyclic) bond motifs is 1. The molecule has 0 saturated carbocycles. The van der Waals surface area contributed by atoms with Crippen LogP contribution in [-0.2, 0) is 6.42 Å². The SMILES string of the molecule is Bc1ccc2cc(CCN)ccc2n1. The molecule has 0 bridgehead atoms. The van der Waals surface area contributed by atoms with Gasteiger partial charge in [0.15, 0.2) is 7.85 Å². The highest BCUT2D eigenvalue weighted by molar-refractivity contribution is 6.31. The van der Waals surface area contributed by atoms with Crippen molar-refractivity contribution in [2.24, 2.45) is 5.73 Å². The molecular formula is C11H13BN2. The molecule has 0 aliphatic rings. The molecule has 0 amide bonds. The minimum Gasteiger partial charge on any atom is -0.330 e. The van der Waals surface area contributed by atoms with E-state index in [1.807, 2.05) is 13.9 Å². The largest absolute Gasteiger partial charge is 0.330 e. The van der Waals surface area contributed by atoms with Crippen LogP contribution in [0.15, 0.2) is 30.3 Å². The molecule has 2 nitrogen and oxygen atoms in total. The Hall–Kier alpha value is -1.35. The molecule has 0 atom stereocenters. The van der Waals surface area contributed by atoms with Crippen LogP contribution in [0.4, 0.5) is 0 Å². The highest BCUT2D eigenvalue weighted by Crippen LogP contribution is 2.12. The summed E-state index contributed by atoms with van der Waals surface area (Å²) >= 11 is 0. The Bertz CT molecular complexity index is 454. The maximum Gasteiger partial charge on any atom is 0.163 e. The van der Waals surface area contributed by atoms with Gasteiger partial charge in [-0.1, -0.05) is 18.2 Å². The van der Waals surface area contributed by atoms with Crippen LogP contribution in [0, 0.1) is 0 Å². The van der Waals surface area contributed by atoms with E-state index in [-0.39, 0.29) is 0 Å². The van der Waals surface area contributed by atoms with Gasteiger partial charge in [0, 0.05) is 5.39 Å². The molecule has 1 aromatic heterocycles. The van der Waals surface area contributed by atoms with Gasteiger partial charge in [-0.25, -0.2) is 0 Å². The van der Waals surface area contributed by atoms with E-state index in [2.05, 4.69) is 29.2 Å². The van der Waals surface area contributed by atoms with E-state index in [1.54, 1.807) is 0 Å². The molecule has 0 spiro atoms. The Kier molecular flexibility index (Phi) is 2.50. The average Bonchev–Trinajstić information content (AvgIpc) is 2.19. The Morgan fingerprint density at radius 2 is 2.07 bits per heavy atom. The van der Waals surface area contributed by atoms with Gasteiger partial charge in [-0.2, -0.15) is 0 Å². The second kappa shape index (κ2) is 3.80. The highest BCUT2D eigenvalue weighted by atomic mass is 14.7. The third-order valence-corrected chi connectivity index (χ3v) is 2.33. The van der Waals surface area contributed by atoms with Gasteiger partial charge in [0.25, 0.3) is 0 Å². The summed E-state index contributed by atoms with van der Waals surface area (Å²) in [5, 5.41) is 1.20. The smallest absolute Gasteiger partial charge is 0.163 e. The average molecular weight is 184 g/mol. The standard InChI is InChI=1S/C11H13BN2/c12-11-4-2-9-7-8(5-6-13)1-3-10(9)14-11/h1-4,7H,5-6,12-13H2. The van der Waals surface area contributed by atoms with Crippen molar-refractivity contribution in [3.8, 4) is 0 Å². The van der Waals surface area contributed by atoms with Crippen molar-refractivity contribution in [3.63, 3.8) is 0 Å². The van der Waals surface area contributed by atoms with Gasteiger partial charge in [-0.3, -0.25) is 4.98 Å². The van der Waals surface area contributed by atoms with Gasteiger partial charge in [-0.15, -0.1) is 0 Å². The third kappa shape index (κ3) is 1.78. The van der Waals surface area contributed by atoms with Crippen LogP contribution in [0.1, 0.15) is 5.56 Å². The number of nitrogens with two attached hydrogens (primary N) is 1. The molecule has 0 saturated heterocycles. The molecule has 0 aliphatic carbocycles. The first-order chi connectivity index (χ1) is 6.79. The fourth-order valence-corrected chi connectivity index (χ4v) is 1.60.